The van der Waals surface area contributed by atoms with Gasteiger partial charge in [-0.05, 0) is 31.2 Å². The summed E-state index contributed by atoms with van der Waals surface area (Å²) in [6, 6.07) is 8.07. The highest BCUT2D eigenvalue weighted by molar-refractivity contribution is 9.10. The first-order chi connectivity index (χ1) is 9.13. The van der Waals surface area contributed by atoms with Crippen molar-refractivity contribution in [2.45, 2.75) is 13.2 Å². The van der Waals surface area contributed by atoms with Gasteiger partial charge in [0.2, 0.25) is 0 Å². The van der Waals surface area contributed by atoms with Gasteiger partial charge in [0, 0.05) is 35.5 Å². The molecular weight excluding hydrogens is 308 g/mol. The normalized spacial score (nSPS) is 11.2. The molecule has 5 heteroatoms. The highest BCUT2D eigenvalue weighted by Crippen LogP contribution is 2.26. The minimum atomic E-state index is -0.268. The molecule has 0 aliphatic carbocycles. The molecule has 1 N–H and O–H groups in total. The monoisotopic (exact) mass is 324 g/mol. The minimum absolute atomic E-state index is 0.268. The van der Waals surface area contributed by atoms with Crippen LogP contribution in [0.4, 0.5) is 5.69 Å². The van der Waals surface area contributed by atoms with Crippen LogP contribution in [-0.2, 0) is 9.47 Å². The van der Waals surface area contributed by atoms with Crippen LogP contribution >= 0.6 is 15.9 Å². The molecule has 0 unspecified atom stereocenters. The number of nitrogens with one attached hydrogen (secondary N) is 1. The number of benzene rings is 1. The molecule has 0 radical (unpaired) electrons. The van der Waals surface area contributed by atoms with E-state index in [0.29, 0.717) is 6.54 Å². The number of rotatable bonds is 5. The quantitative estimate of drug-likeness (QED) is 0.857. The van der Waals surface area contributed by atoms with Gasteiger partial charge in [0.15, 0.2) is 6.29 Å². The van der Waals surface area contributed by atoms with Gasteiger partial charge in [-0.2, -0.15) is 0 Å². The average Bonchev–Trinajstić information content (AvgIpc) is 2.40. The van der Waals surface area contributed by atoms with E-state index in [1.165, 1.54) is 0 Å². The third kappa shape index (κ3) is 3.43. The standard InChI is InChI=1S/C14H17BrN2O2/c1-9-6-13(16-8-14(18-2)19-3)11-7-10(15)4-5-12(11)17-9/h4-7,14H,8H2,1-3H3,(H,16,17). The maximum absolute atomic E-state index is 5.18. The van der Waals surface area contributed by atoms with Gasteiger partial charge in [-0.25, -0.2) is 0 Å². The second-order valence-electron chi connectivity index (χ2n) is 4.25. The van der Waals surface area contributed by atoms with Gasteiger partial charge in [-0.3, -0.25) is 4.98 Å². The predicted molar refractivity (Wildman–Crippen MR) is 80.5 cm³/mol. The zero-order chi connectivity index (χ0) is 13.8. The van der Waals surface area contributed by atoms with Gasteiger partial charge in [0.05, 0.1) is 12.1 Å². The molecule has 0 bridgehead atoms. The first kappa shape index (κ1) is 14.2. The fraction of sp³-hybridized carbons (Fsp3) is 0.357. The Morgan fingerprint density at radius 1 is 1.26 bits per heavy atom. The Bertz CT molecular complexity index is 571. The number of pyridine rings is 1. The van der Waals surface area contributed by atoms with Gasteiger partial charge in [0.25, 0.3) is 0 Å². The van der Waals surface area contributed by atoms with E-state index in [1.54, 1.807) is 14.2 Å². The Morgan fingerprint density at radius 2 is 2.00 bits per heavy atom. The predicted octanol–water partition coefficient (Wildman–Crippen LogP) is 3.34. The Labute approximate surface area is 121 Å². The maximum atomic E-state index is 5.18. The lowest BCUT2D eigenvalue weighted by molar-refractivity contribution is -0.0913. The molecule has 102 valence electrons. The molecule has 0 amide bonds. The lowest BCUT2D eigenvalue weighted by atomic mass is 10.1. The number of aromatic nitrogens is 1. The minimum Gasteiger partial charge on any atom is -0.379 e. The molecular formula is C14H17BrN2O2. The van der Waals surface area contributed by atoms with Crippen molar-refractivity contribution in [2.24, 2.45) is 0 Å². The third-order valence-electron chi connectivity index (χ3n) is 2.88. The van der Waals surface area contributed by atoms with E-state index >= 15 is 0 Å². The highest BCUT2D eigenvalue weighted by Gasteiger charge is 2.08. The summed E-state index contributed by atoms with van der Waals surface area (Å²) in [5.41, 5.74) is 2.98. The number of hydrogen-bond donors (Lipinski definition) is 1. The van der Waals surface area contributed by atoms with E-state index in [4.69, 9.17) is 9.47 Å². The molecule has 0 aliphatic heterocycles. The van der Waals surface area contributed by atoms with E-state index < -0.39 is 0 Å². The number of halogens is 1. The van der Waals surface area contributed by atoms with Crippen LogP contribution in [0.3, 0.4) is 0 Å². The Balaban J connectivity index is 2.33. The molecule has 0 atom stereocenters. The highest BCUT2D eigenvalue weighted by atomic mass is 79.9. The number of ether oxygens (including phenoxy) is 2. The summed E-state index contributed by atoms with van der Waals surface area (Å²) in [4.78, 5) is 4.52. The van der Waals surface area contributed by atoms with Gasteiger partial charge >= 0.3 is 0 Å². The smallest absolute Gasteiger partial charge is 0.173 e. The summed E-state index contributed by atoms with van der Waals surface area (Å²) in [7, 11) is 3.25. The molecule has 1 aromatic carbocycles. The fourth-order valence-electron chi connectivity index (χ4n) is 1.93. The van der Waals surface area contributed by atoms with Crippen molar-refractivity contribution in [3.05, 3.63) is 34.4 Å². The van der Waals surface area contributed by atoms with Crippen molar-refractivity contribution < 1.29 is 9.47 Å². The van der Waals surface area contributed by atoms with E-state index in [1.807, 2.05) is 25.1 Å². The second-order valence-corrected chi connectivity index (χ2v) is 5.17. The zero-order valence-electron chi connectivity index (χ0n) is 11.2. The van der Waals surface area contributed by atoms with Crippen molar-refractivity contribution in [1.29, 1.82) is 0 Å². The third-order valence-corrected chi connectivity index (χ3v) is 3.38. The van der Waals surface area contributed by atoms with Crippen LogP contribution in [0.25, 0.3) is 10.9 Å². The molecule has 2 aromatic rings. The number of anilines is 1. The van der Waals surface area contributed by atoms with Gasteiger partial charge < -0.3 is 14.8 Å². The summed E-state index contributed by atoms with van der Waals surface area (Å²) in [5, 5.41) is 4.42. The van der Waals surface area contributed by atoms with Crippen LogP contribution in [0.1, 0.15) is 5.69 Å². The van der Waals surface area contributed by atoms with Crippen LogP contribution in [-0.4, -0.2) is 32.0 Å². The van der Waals surface area contributed by atoms with Crippen molar-refractivity contribution in [3.63, 3.8) is 0 Å². The Kier molecular flexibility index (Phi) is 4.74. The lowest BCUT2D eigenvalue weighted by Gasteiger charge is -2.16. The molecule has 1 aromatic heterocycles. The molecule has 0 spiro atoms. The fourth-order valence-corrected chi connectivity index (χ4v) is 2.29. The molecule has 2 rings (SSSR count). The van der Waals surface area contributed by atoms with Crippen LogP contribution in [0.15, 0.2) is 28.7 Å². The lowest BCUT2D eigenvalue weighted by Crippen LogP contribution is -2.23. The summed E-state index contributed by atoms with van der Waals surface area (Å²) in [5.74, 6) is 0. The van der Waals surface area contributed by atoms with Crippen molar-refractivity contribution in [1.82, 2.24) is 4.98 Å². The number of fused-ring (bicyclic) bond motifs is 1. The Hall–Kier alpha value is -1.17. The first-order valence-corrected chi connectivity index (χ1v) is 6.79. The van der Waals surface area contributed by atoms with E-state index in [-0.39, 0.29) is 6.29 Å². The number of methoxy groups -OCH3 is 2. The summed E-state index contributed by atoms with van der Waals surface area (Å²) in [6.45, 7) is 2.56. The summed E-state index contributed by atoms with van der Waals surface area (Å²) in [6.07, 6.45) is -0.268. The van der Waals surface area contributed by atoms with Crippen molar-refractivity contribution in [2.75, 3.05) is 26.1 Å². The van der Waals surface area contributed by atoms with E-state index in [0.717, 1.165) is 26.8 Å². The van der Waals surface area contributed by atoms with E-state index in [9.17, 15) is 0 Å². The first-order valence-electron chi connectivity index (χ1n) is 6.00. The second kappa shape index (κ2) is 6.32. The number of nitrogens with zero attached hydrogens (tertiary/aromatic N) is 1. The molecule has 4 nitrogen and oxygen atoms in total. The molecule has 0 aliphatic rings. The zero-order valence-corrected chi connectivity index (χ0v) is 12.8. The summed E-state index contributed by atoms with van der Waals surface area (Å²) < 4.78 is 11.4. The van der Waals surface area contributed by atoms with Crippen LogP contribution in [0.5, 0.6) is 0 Å². The topological polar surface area (TPSA) is 43.4 Å². The molecule has 0 fully saturated rings. The van der Waals surface area contributed by atoms with Crippen molar-refractivity contribution in [3.8, 4) is 0 Å². The molecule has 0 saturated heterocycles. The van der Waals surface area contributed by atoms with Crippen LogP contribution in [0.2, 0.25) is 0 Å². The maximum Gasteiger partial charge on any atom is 0.173 e. The number of aryl methyl sites for hydroxylation is 1. The van der Waals surface area contributed by atoms with Crippen molar-refractivity contribution >= 4 is 32.5 Å². The van der Waals surface area contributed by atoms with Gasteiger partial charge in [-0.1, -0.05) is 15.9 Å². The summed E-state index contributed by atoms with van der Waals surface area (Å²) >= 11 is 3.49. The largest absolute Gasteiger partial charge is 0.379 e. The Morgan fingerprint density at radius 3 is 2.68 bits per heavy atom. The average molecular weight is 325 g/mol. The van der Waals surface area contributed by atoms with E-state index in [2.05, 4.69) is 32.3 Å². The molecule has 19 heavy (non-hydrogen) atoms. The molecule has 0 saturated carbocycles. The van der Waals surface area contributed by atoms with Crippen LogP contribution in [0, 0.1) is 6.92 Å². The van der Waals surface area contributed by atoms with Gasteiger partial charge in [-0.15, -0.1) is 0 Å². The van der Waals surface area contributed by atoms with Crippen LogP contribution < -0.4 is 5.32 Å². The van der Waals surface area contributed by atoms with Gasteiger partial charge in [0.1, 0.15) is 0 Å². The number of hydrogen-bond acceptors (Lipinski definition) is 4. The molecule has 1 heterocycles. The SMILES string of the molecule is COC(CNc1cc(C)nc2ccc(Br)cc12)OC.